The fourth-order valence-corrected chi connectivity index (χ4v) is 2.36. The van der Waals surface area contributed by atoms with Crippen molar-refractivity contribution in [2.45, 2.75) is 64.7 Å². The maximum Gasteiger partial charge on any atom is 0.312 e. The Morgan fingerprint density at radius 3 is 2.50 bits per heavy atom. The molecule has 3 unspecified atom stereocenters. The minimum Gasteiger partial charge on any atom is -0.460 e. The number of nitrogens with zero attached hydrogens (tertiary/aromatic N) is 1. The van der Waals surface area contributed by atoms with Crippen LogP contribution in [0.3, 0.4) is 0 Å². The van der Waals surface area contributed by atoms with Gasteiger partial charge in [-0.1, -0.05) is 0 Å². The molecule has 1 saturated heterocycles. The van der Waals surface area contributed by atoms with Gasteiger partial charge in [-0.2, -0.15) is 0 Å². The van der Waals surface area contributed by atoms with Crippen molar-refractivity contribution < 1.29 is 14.6 Å². The van der Waals surface area contributed by atoms with Crippen molar-refractivity contribution in [3.63, 3.8) is 0 Å². The van der Waals surface area contributed by atoms with E-state index in [1.807, 2.05) is 27.8 Å². The van der Waals surface area contributed by atoms with Gasteiger partial charge in [-0.3, -0.25) is 4.79 Å². The molecule has 0 aromatic heterocycles. The molecule has 0 aromatic carbocycles. The van der Waals surface area contributed by atoms with Crippen molar-refractivity contribution in [1.29, 1.82) is 0 Å². The number of carbonyl (C=O) groups excluding carboxylic acids is 1. The fraction of sp³-hybridized carbons (Fsp3) is 0.929. The minimum absolute atomic E-state index is 0.286. The molecule has 0 aromatic rings. The third-order valence-electron chi connectivity index (χ3n) is 3.87. The van der Waals surface area contributed by atoms with Crippen molar-refractivity contribution in [1.82, 2.24) is 4.90 Å². The summed E-state index contributed by atoms with van der Waals surface area (Å²) in [5.74, 6) is -0.783. The van der Waals surface area contributed by atoms with Crippen LogP contribution in [0.1, 0.15) is 47.5 Å². The van der Waals surface area contributed by atoms with E-state index in [-0.39, 0.29) is 12.0 Å². The number of aliphatic hydroxyl groups is 1. The van der Waals surface area contributed by atoms with Crippen molar-refractivity contribution in [3.05, 3.63) is 0 Å². The summed E-state index contributed by atoms with van der Waals surface area (Å²) in [4.78, 5) is 14.3. The molecule has 1 fully saturated rings. The summed E-state index contributed by atoms with van der Waals surface area (Å²) in [7, 11) is 2.04. The highest BCUT2D eigenvalue weighted by Gasteiger charge is 2.44. The average molecular weight is 257 g/mol. The Morgan fingerprint density at radius 1 is 1.50 bits per heavy atom. The number of hydrogen-bond donors (Lipinski definition) is 1. The lowest BCUT2D eigenvalue weighted by atomic mass is 9.78. The molecule has 0 aliphatic carbocycles. The van der Waals surface area contributed by atoms with Gasteiger partial charge >= 0.3 is 5.97 Å². The van der Waals surface area contributed by atoms with E-state index in [4.69, 9.17) is 4.74 Å². The van der Waals surface area contributed by atoms with Crippen LogP contribution in [0.15, 0.2) is 0 Å². The van der Waals surface area contributed by atoms with Gasteiger partial charge in [-0.25, -0.2) is 0 Å². The monoisotopic (exact) mass is 257 g/mol. The first-order valence-corrected chi connectivity index (χ1v) is 6.71. The molecule has 4 heteroatoms. The molecule has 0 radical (unpaired) electrons. The molecule has 0 spiro atoms. The van der Waals surface area contributed by atoms with Crippen molar-refractivity contribution in [2.24, 2.45) is 5.92 Å². The molecule has 106 valence electrons. The summed E-state index contributed by atoms with van der Waals surface area (Å²) < 4.78 is 5.37. The molecule has 1 rings (SSSR count). The van der Waals surface area contributed by atoms with Crippen LogP contribution in [0.2, 0.25) is 0 Å². The van der Waals surface area contributed by atoms with Gasteiger partial charge in [0, 0.05) is 12.6 Å². The molecule has 18 heavy (non-hydrogen) atoms. The van der Waals surface area contributed by atoms with Crippen LogP contribution >= 0.6 is 0 Å². The highest BCUT2D eigenvalue weighted by atomic mass is 16.6. The molecule has 1 aliphatic heterocycles. The number of rotatable bonds is 2. The van der Waals surface area contributed by atoms with E-state index in [1.54, 1.807) is 6.92 Å². The van der Waals surface area contributed by atoms with Crippen LogP contribution in [0, 0.1) is 5.92 Å². The summed E-state index contributed by atoms with van der Waals surface area (Å²) in [5.41, 5.74) is -1.44. The Balaban J connectivity index is 2.71. The van der Waals surface area contributed by atoms with Gasteiger partial charge in [0.2, 0.25) is 0 Å². The number of hydrogen-bond acceptors (Lipinski definition) is 4. The quantitative estimate of drug-likeness (QED) is 0.767. The van der Waals surface area contributed by atoms with Gasteiger partial charge in [0.05, 0.1) is 11.5 Å². The average Bonchev–Trinajstić information content (AvgIpc) is 2.20. The van der Waals surface area contributed by atoms with Crippen LogP contribution in [0.5, 0.6) is 0 Å². The van der Waals surface area contributed by atoms with Gasteiger partial charge in [0.25, 0.3) is 0 Å². The van der Waals surface area contributed by atoms with Gasteiger partial charge < -0.3 is 14.7 Å². The third kappa shape index (κ3) is 3.69. The smallest absolute Gasteiger partial charge is 0.312 e. The van der Waals surface area contributed by atoms with Crippen LogP contribution < -0.4 is 0 Å². The van der Waals surface area contributed by atoms with Crippen LogP contribution in [0.25, 0.3) is 0 Å². The van der Waals surface area contributed by atoms with E-state index in [2.05, 4.69) is 11.8 Å². The van der Waals surface area contributed by atoms with Gasteiger partial charge in [-0.05, 0) is 54.5 Å². The Bertz CT molecular complexity index is 311. The van der Waals surface area contributed by atoms with E-state index in [9.17, 15) is 9.90 Å². The predicted molar refractivity (Wildman–Crippen MR) is 71.3 cm³/mol. The maximum absolute atomic E-state index is 12.1. The highest BCUT2D eigenvalue weighted by molar-refractivity contribution is 5.74. The fourth-order valence-electron chi connectivity index (χ4n) is 2.36. The van der Waals surface area contributed by atoms with E-state index in [1.165, 1.54) is 0 Å². The lowest BCUT2D eigenvalue weighted by molar-refractivity contribution is -0.173. The summed E-state index contributed by atoms with van der Waals surface area (Å²) in [6, 6.07) is 0.286. The van der Waals surface area contributed by atoms with Crippen LogP contribution in [0.4, 0.5) is 0 Å². The Labute approximate surface area is 110 Å². The summed E-state index contributed by atoms with van der Waals surface area (Å²) in [6.07, 6.45) is 1.23. The number of ether oxygens (including phenoxy) is 1. The number of piperidine rings is 1. The van der Waals surface area contributed by atoms with Gasteiger partial charge in [-0.15, -0.1) is 0 Å². The molecule has 4 nitrogen and oxygen atoms in total. The molecule has 0 amide bonds. The highest BCUT2D eigenvalue weighted by Crippen LogP contribution is 2.33. The van der Waals surface area contributed by atoms with E-state index >= 15 is 0 Å². The Hall–Kier alpha value is -0.610. The first kappa shape index (κ1) is 15.4. The zero-order chi connectivity index (χ0) is 14.1. The zero-order valence-corrected chi connectivity index (χ0v) is 12.5. The Morgan fingerprint density at radius 2 is 2.06 bits per heavy atom. The molecular formula is C14H27NO3. The Kier molecular flexibility index (Phi) is 4.44. The molecule has 1 N–H and O–H groups in total. The molecule has 1 aliphatic rings. The lowest BCUT2D eigenvalue weighted by Crippen LogP contribution is -2.53. The second-order valence-corrected chi connectivity index (χ2v) is 6.64. The summed E-state index contributed by atoms with van der Waals surface area (Å²) >= 11 is 0. The zero-order valence-electron chi connectivity index (χ0n) is 12.5. The second kappa shape index (κ2) is 5.17. The molecule has 0 saturated carbocycles. The summed E-state index contributed by atoms with van der Waals surface area (Å²) in [5, 5.41) is 10.7. The molecule has 3 atom stereocenters. The van der Waals surface area contributed by atoms with Gasteiger partial charge in [0.15, 0.2) is 0 Å². The van der Waals surface area contributed by atoms with E-state index in [0.717, 1.165) is 6.54 Å². The minimum atomic E-state index is -0.936. The van der Waals surface area contributed by atoms with Crippen LogP contribution in [-0.2, 0) is 9.53 Å². The first-order chi connectivity index (χ1) is 8.05. The number of carbonyl (C=O) groups is 1. The first-order valence-electron chi connectivity index (χ1n) is 6.71. The number of esters is 1. The van der Waals surface area contributed by atoms with Crippen LogP contribution in [-0.4, -0.2) is 46.8 Å². The topological polar surface area (TPSA) is 49.8 Å². The van der Waals surface area contributed by atoms with E-state index in [0.29, 0.717) is 12.8 Å². The standard InChI is InChI=1S/C14H27NO3/c1-10-9-14(17,7-8-15(10)6)11(2)12(16)18-13(3,4)5/h10-11,17H,7-9H2,1-6H3. The van der Waals surface area contributed by atoms with E-state index < -0.39 is 17.1 Å². The number of likely N-dealkylation sites (tertiary alicyclic amines) is 1. The molecule has 1 heterocycles. The maximum atomic E-state index is 12.1. The normalized spacial score (nSPS) is 32.1. The third-order valence-corrected chi connectivity index (χ3v) is 3.87. The van der Waals surface area contributed by atoms with Crippen molar-refractivity contribution in [2.75, 3.05) is 13.6 Å². The van der Waals surface area contributed by atoms with Crippen molar-refractivity contribution in [3.8, 4) is 0 Å². The largest absolute Gasteiger partial charge is 0.460 e. The lowest BCUT2D eigenvalue weighted by Gasteiger charge is -2.43. The molecular weight excluding hydrogens is 230 g/mol. The van der Waals surface area contributed by atoms with Crippen molar-refractivity contribution >= 4 is 5.97 Å². The SMILES string of the molecule is CC1CC(O)(C(C)C(=O)OC(C)(C)C)CCN1C. The molecule has 0 bridgehead atoms. The summed E-state index contributed by atoms with van der Waals surface area (Å²) in [6.45, 7) is 10.2. The second-order valence-electron chi connectivity index (χ2n) is 6.64. The predicted octanol–water partition coefficient (Wildman–Crippen LogP) is 1.81. The van der Waals surface area contributed by atoms with Gasteiger partial charge in [0.1, 0.15) is 5.60 Å².